The summed E-state index contributed by atoms with van der Waals surface area (Å²) in [5.41, 5.74) is 1.21. The van der Waals surface area contributed by atoms with E-state index in [9.17, 15) is 18.8 Å². The SMILES string of the molecule is C[C@H]1CCN[C@@H]2Cn3cc(C(=O)N(Cc4ccc(F)cc4)C4CCSCC4)c(=O)c(OCc4ccccc4)c3C(=O)N12. The van der Waals surface area contributed by atoms with E-state index in [1.165, 1.54) is 12.1 Å². The van der Waals surface area contributed by atoms with Gasteiger partial charge >= 0.3 is 0 Å². The summed E-state index contributed by atoms with van der Waals surface area (Å²) >= 11 is 1.85. The van der Waals surface area contributed by atoms with Gasteiger partial charge in [-0.15, -0.1) is 0 Å². The molecule has 2 saturated heterocycles. The smallest absolute Gasteiger partial charge is 0.276 e. The molecular formula is C32H35FN4O4S. The molecule has 4 heterocycles. The molecule has 0 unspecified atom stereocenters. The molecule has 0 radical (unpaired) electrons. The van der Waals surface area contributed by atoms with E-state index in [4.69, 9.17) is 4.74 Å². The van der Waals surface area contributed by atoms with Gasteiger partial charge in [0.25, 0.3) is 11.8 Å². The van der Waals surface area contributed by atoms with E-state index in [0.717, 1.165) is 48.4 Å². The van der Waals surface area contributed by atoms with Gasteiger partial charge in [0.2, 0.25) is 5.43 Å². The van der Waals surface area contributed by atoms with Crippen LogP contribution in [0, 0.1) is 5.82 Å². The highest BCUT2D eigenvalue weighted by atomic mass is 32.2. The van der Waals surface area contributed by atoms with Gasteiger partial charge in [-0.05, 0) is 67.5 Å². The van der Waals surface area contributed by atoms with Crippen LogP contribution in [0.5, 0.6) is 5.75 Å². The fourth-order valence-corrected chi connectivity index (χ4v) is 7.21. The molecule has 2 aromatic carbocycles. The molecule has 1 N–H and O–H groups in total. The van der Waals surface area contributed by atoms with Crippen molar-refractivity contribution in [2.45, 2.75) is 64.1 Å². The Morgan fingerprint density at radius 1 is 1.05 bits per heavy atom. The van der Waals surface area contributed by atoms with Crippen molar-refractivity contribution >= 4 is 23.6 Å². The fraction of sp³-hybridized carbons (Fsp3) is 0.406. The van der Waals surface area contributed by atoms with E-state index < -0.39 is 11.3 Å². The third-order valence-corrected chi connectivity index (χ3v) is 9.46. The number of hydrogen-bond acceptors (Lipinski definition) is 6. The first-order valence-corrected chi connectivity index (χ1v) is 15.7. The number of ether oxygens (including phenoxy) is 1. The molecule has 3 aliphatic heterocycles. The molecular weight excluding hydrogens is 555 g/mol. The molecule has 1 aromatic heterocycles. The lowest BCUT2D eigenvalue weighted by Gasteiger charge is -2.45. The largest absolute Gasteiger partial charge is 0.483 e. The second-order valence-corrected chi connectivity index (χ2v) is 12.4. The summed E-state index contributed by atoms with van der Waals surface area (Å²) in [6.45, 7) is 3.53. The Kier molecular flexibility index (Phi) is 8.35. The highest BCUT2D eigenvalue weighted by molar-refractivity contribution is 7.99. The molecule has 2 fully saturated rings. The maximum Gasteiger partial charge on any atom is 0.276 e. The minimum Gasteiger partial charge on any atom is -0.483 e. The van der Waals surface area contributed by atoms with Gasteiger partial charge < -0.3 is 19.1 Å². The standard InChI is InChI=1S/C32H35FN4O4S/c1-21-11-14-34-27-19-35-18-26(29(38)30(28(35)32(40)37(21)27)41-20-23-5-3-2-4-6-23)31(39)36(25-12-15-42-16-13-25)17-22-7-9-24(33)10-8-22/h2-10,18,21,25,27,34H,11-17,19-20H2,1H3/t21-,27-/m0/s1. The average Bonchev–Trinajstić information content (AvgIpc) is 3.01. The van der Waals surface area contributed by atoms with Crippen LogP contribution in [-0.2, 0) is 19.7 Å². The lowest BCUT2D eigenvalue weighted by molar-refractivity contribution is 0.0298. The normalized spacial score (nSPS) is 20.5. The first kappa shape index (κ1) is 28.5. The molecule has 0 aliphatic carbocycles. The number of thioether (sulfide) groups is 1. The molecule has 220 valence electrons. The molecule has 0 bridgehead atoms. The zero-order chi connectivity index (χ0) is 29.2. The van der Waals surface area contributed by atoms with Crippen molar-refractivity contribution in [1.29, 1.82) is 0 Å². The Balaban J connectivity index is 1.42. The van der Waals surface area contributed by atoms with E-state index in [1.54, 1.807) is 32.7 Å². The van der Waals surface area contributed by atoms with Crippen LogP contribution in [0.2, 0.25) is 0 Å². The summed E-state index contributed by atoms with van der Waals surface area (Å²) < 4.78 is 21.5. The molecule has 0 saturated carbocycles. The van der Waals surface area contributed by atoms with E-state index in [2.05, 4.69) is 5.32 Å². The monoisotopic (exact) mass is 590 g/mol. The predicted octanol–water partition coefficient (Wildman–Crippen LogP) is 4.27. The van der Waals surface area contributed by atoms with E-state index in [0.29, 0.717) is 6.54 Å². The number of amides is 2. The van der Waals surface area contributed by atoms with E-state index in [1.807, 2.05) is 49.0 Å². The predicted molar refractivity (Wildman–Crippen MR) is 160 cm³/mol. The number of benzene rings is 2. The van der Waals surface area contributed by atoms with Crippen LogP contribution in [0.1, 0.15) is 58.2 Å². The Labute approximate surface area is 248 Å². The molecule has 3 aliphatic rings. The van der Waals surface area contributed by atoms with Crippen LogP contribution in [0.15, 0.2) is 65.6 Å². The van der Waals surface area contributed by atoms with Gasteiger partial charge in [-0.1, -0.05) is 42.5 Å². The average molecular weight is 591 g/mol. The number of nitrogens with one attached hydrogen (secondary N) is 1. The Hall–Kier alpha value is -3.63. The first-order valence-electron chi connectivity index (χ1n) is 14.5. The van der Waals surface area contributed by atoms with E-state index in [-0.39, 0.29) is 60.1 Å². The molecule has 0 spiro atoms. The highest BCUT2D eigenvalue weighted by Gasteiger charge is 2.41. The van der Waals surface area contributed by atoms with Gasteiger partial charge in [0.05, 0.1) is 6.54 Å². The summed E-state index contributed by atoms with van der Waals surface area (Å²) in [4.78, 5) is 45.9. The Morgan fingerprint density at radius 3 is 2.52 bits per heavy atom. The maximum absolute atomic E-state index is 14.3. The van der Waals surface area contributed by atoms with Crippen LogP contribution < -0.4 is 15.5 Å². The Bertz CT molecular complexity index is 1510. The minimum atomic E-state index is -0.583. The van der Waals surface area contributed by atoms with Crippen molar-refractivity contribution in [3.05, 3.63) is 99.2 Å². The van der Waals surface area contributed by atoms with Crippen LogP contribution >= 0.6 is 11.8 Å². The van der Waals surface area contributed by atoms with Crippen LogP contribution in [0.4, 0.5) is 4.39 Å². The molecule has 10 heteroatoms. The van der Waals surface area contributed by atoms with Crippen molar-refractivity contribution in [2.24, 2.45) is 0 Å². The van der Waals surface area contributed by atoms with Gasteiger partial charge in [0.15, 0.2) is 11.4 Å². The number of aromatic nitrogens is 1. The zero-order valence-corrected chi connectivity index (χ0v) is 24.4. The molecule has 2 atom stereocenters. The van der Waals surface area contributed by atoms with Crippen molar-refractivity contribution in [3.63, 3.8) is 0 Å². The van der Waals surface area contributed by atoms with Gasteiger partial charge in [0, 0.05) is 24.8 Å². The number of carbonyl (C=O) groups excluding carboxylic acids is 2. The minimum absolute atomic E-state index is 0.00579. The second kappa shape index (κ2) is 12.3. The number of fused-ring (bicyclic) bond motifs is 2. The van der Waals surface area contributed by atoms with Crippen molar-refractivity contribution in [1.82, 2.24) is 19.7 Å². The first-order chi connectivity index (χ1) is 20.4. The molecule has 3 aromatic rings. The summed E-state index contributed by atoms with van der Waals surface area (Å²) in [5.74, 6) is 0.721. The number of pyridine rings is 1. The van der Waals surface area contributed by atoms with Crippen LogP contribution in [0.25, 0.3) is 0 Å². The quantitative estimate of drug-likeness (QED) is 0.443. The van der Waals surface area contributed by atoms with Crippen molar-refractivity contribution in [3.8, 4) is 5.75 Å². The Morgan fingerprint density at radius 2 is 1.79 bits per heavy atom. The lowest BCUT2D eigenvalue weighted by atomic mass is 10.0. The molecule has 2 amide bonds. The topological polar surface area (TPSA) is 83.9 Å². The number of hydrogen-bond donors (Lipinski definition) is 1. The molecule has 42 heavy (non-hydrogen) atoms. The van der Waals surface area contributed by atoms with Crippen molar-refractivity contribution in [2.75, 3.05) is 18.1 Å². The van der Waals surface area contributed by atoms with Gasteiger partial charge in [-0.3, -0.25) is 19.7 Å². The van der Waals surface area contributed by atoms with Crippen molar-refractivity contribution < 1.29 is 18.7 Å². The van der Waals surface area contributed by atoms with Gasteiger partial charge in [0.1, 0.15) is 24.2 Å². The third-order valence-electron chi connectivity index (χ3n) is 8.41. The summed E-state index contributed by atoms with van der Waals surface area (Å²) in [6, 6.07) is 15.5. The van der Waals surface area contributed by atoms with Crippen LogP contribution in [0.3, 0.4) is 0 Å². The number of halogens is 1. The summed E-state index contributed by atoms with van der Waals surface area (Å²) in [7, 11) is 0. The lowest BCUT2D eigenvalue weighted by Crippen LogP contribution is -2.62. The van der Waals surface area contributed by atoms with E-state index >= 15 is 0 Å². The third kappa shape index (κ3) is 5.70. The fourth-order valence-electron chi connectivity index (χ4n) is 6.13. The summed E-state index contributed by atoms with van der Waals surface area (Å²) in [5, 5.41) is 3.41. The molecule has 6 rings (SSSR count). The maximum atomic E-state index is 14.3. The molecule has 8 nitrogen and oxygen atoms in total. The number of rotatable bonds is 7. The number of nitrogens with zero attached hydrogens (tertiary/aromatic N) is 3. The van der Waals surface area contributed by atoms with Crippen LogP contribution in [-0.4, -0.2) is 62.5 Å². The zero-order valence-electron chi connectivity index (χ0n) is 23.6. The van der Waals surface area contributed by atoms with Gasteiger partial charge in [-0.2, -0.15) is 11.8 Å². The highest BCUT2D eigenvalue weighted by Crippen LogP contribution is 2.30. The second-order valence-electron chi connectivity index (χ2n) is 11.2. The number of carbonyl (C=O) groups is 2. The summed E-state index contributed by atoms with van der Waals surface area (Å²) in [6.07, 6.45) is 3.71. The van der Waals surface area contributed by atoms with Gasteiger partial charge in [-0.25, -0.2) is 4.39 Å².